The summed E-state index contributed by atoms with van der Waals surface area (Å²) in [5.74, 6) is 0.380. The lowest BCUT2D eigenvalue weighted by Crippen LogP contribution is -2.51. The van der Waals surface area contributed by atoms with Crippen LogP contribution in [0.5, 0.6) is 0 Å². The summed E-state index contributed by atoms with van der Waals surface area (Å²) in [7, 11) is 0. The monoisotopic (exact) mass is 270 g/mol. The third kappa shape index (κ3) is 5.19. The van der Waals surface area contributed by atoms with E-state index in [0.717, 1.165) is 19.3 Å². The number of nitrogens with zero attached hydrogens (tertiary/aromatic N) is 2. The largest absolute Gasteiger partial charge is 0.396 e. The zero-order chi connectivity index (χ0) is 14.3. The maximum atomic E-state index is 11.9. The SMILES string of the molecule is CC(C)C(=O)N1CCN(C(=O)CCCCCO)CC1. The molecular formula is C14H26N2O3. The number of amides is 2. The molecule has 19 heavy (non-hydrogen) atoms. The zero-order valence-corrected chi connectivity index (χ0v) is 12.1. The van der Waals surface area contributed by atoms with Crippen molar-refractivity contribution in [3.8, 4) is 0 Å². The van der Waals surface area contributed by atoms with Gasteiger partial charge in [-0.2, -0.15) is 0 Å². The van der Waals surface area contributed by atoms with Crippen LogP contribution in [0.3, 0.4) is 0 Å². The fourth-order valence-electron chi connectivity index (χ4n) is 2.26. The molecule has 110 valence electrons. The van der Waals surface area contributed by atoms with E-state index in [9.17, 15) is 9.59 Å². The number of carbonyl (C=O) groups excluding carboxylic acids is 2. The number of unbranched alkanes of at least 4 members (excludes halogenated alkanes) is 2. The second-order valence-corrected chi connectivity index (χ2v) is 5.40. The summed E-state index contributed by atoms with van der Waals surface area (Å²) in [5.41, 5.74) is 0. The van der Waals surface area contributed by atoms with Crippen LogP contribution in [0.1, 0.15) is 39.5 Å². The van der Waals surface area contributed by atoms with Gasteiger partial charge in [0, 0.05) is 45.1 Å². The van der Waals surface area contributed by atoms with E-state index < -0.39 is 0 Å². The van der Waals surface area contributed by atoms with Gasteiger partial charge in [0.2, 0.25) is 11.8 Å². The molecule has 0 aromatic heterocycles. The molecule has 1 saturated heterocycles. The number of carbonyl (C=O) groups is 2. The van der Waals surface area contributed by atoms with Gasteiger partial charge in [-0.1, -0.05) is 20.3 Å². The molecular weight excluding hydrogens is 244 g/mol. The Balaban J connectivity index is 2.25. The van der Waals surface area contributed by atoms with Gasteiger partial charge >= 0.3 is 0 Å². The van der Waals surface area contributed by atoms with Crippen LogP contribution in [-0.4, -0.2) is 59.5 Å². The maximum Gasteiger partial charge on any atom is 0.225 e. The van der Waals surface area contributed by atoms with Crippen molar-refractivity contribution >= 4 is 11.8 Å². The summed E-state index contributed by atoms with van der Waals surface area (Å²) in [6.07, 6.45) is 3.06. The highest BCUT2D eigenvalue weighted by Gasteiger charge is 2.24. The minimum atomic E-state index is 0.0285. The lowest BCUT2D eigenvalue weighted by Gasteiger charge is -2.35. The van der Waals surface area contributed by atoms with Gasteiger partial charge in [-0.3, -0.25) is 9.59 Å². The number of hydrogen-bond acceptors (Lipinski definition) is 3. The van der Waals surface area contributed by atoms with Crippen LogP contribution in [-0.2, 0) is 9.59 Å². The predicted octanol–water partition coefficient (Wildman–Crippen LogP) is 0.866. The zero-order valence-electron chi connectivity index (χ0n) is 12.1. The molecule has 2 amide bonds. The topological polar surface area (TPSA) is 60.9 Å². The Morgan fingerprint density at radius 2 is 1.58 bits per heavy atom. The Hall–Kier alpha value is -1.10. The first-order chi connectivity index (χ1) is 9.06. The molecule has 0 radical (unpaired) electrons. The molecule has 1 heterocycles. The van der Waals surface area contributed by atoms with Crippen LogP contribution in [0.2, 0.25) is 0 Å². The van der Waals surface area contributed by atoms with Crippen molar-refractivity contribution in [3.05, 3.63) is 0 Å². The lowest BCUT2D eigenvalue weighted by molar-refractivity contribution is -0.141. The average Bonchev–Trinajstić information content (AvgIpc) is 2.42. The van der Waals surface area contributed by atoms with Gasteiger partial charge in [0.25, 0.3) is 0 Å². The predicted molar refractivity (Wildman–Crippen MR) is 73.6 cm³/mol. The summed E-state index contributed by atoms with van der Waals surface area (Å²) in [6.45, 7) is 6.61. The smallest absolute Gasteiger partial charge is 0.225 e. The lowest BCUT2D eigenvalue weighted by atomic mass is 10.1. The van der Waals surface area contributed by atoms with Crippen LogP contribution in [0.4, 0.5) is 0 Å². The molecule has 0 aromatic rings. The van der Waals surface area contributed by atoms with E-state index in [-0.39, 0.29) is 24.3 Å². The summed E-state index contributed by atoms with van der Waals surface area (Å²) >= 11 is 0. The molecule has 0 atom stereocenters. The Kier molecular flexibility index (Phi) is 6.84. The van der Waals surface area contributed by atoms with Crippen LogP contribution in [0.25, 0.3) is 0 Å². The van der Waals surface area contributed by atoms with Crippen LogP contribution in [0.15, 0.2) is 0 Å². The Morgan fingerprint density at radius 1 is 1.00 bits per heavy atom. The standard InChI is InChI=1S/C14H26N2O3/c1-12(2)14(19)16-9-7-15(8-10-16)13(18)6-4-3-5-11-17/h12,17H,3-11H2,1-2H3. The van der Waals surface area contributed by atoms with Crippen molar-refractivity contribution in [1.29, 1.82) is 0 Å². The van der Waals surface area contributed by atoms with Crippen molar-refractivity contribution in [2.45, 2.75) is 39.5 Å². The van der Waals surface area contributed by atoms with Crippen LogP contribution in [0, 0.1) is 5.92 Å². The van der Waals surface area contributed by atoms with Gasteiger partial charge in [-0.05, 0) is 12.8 Å². The van der Waals surface area contributed by atoms with Gasteiger partial charge in [-0.15, -0.1) is 0 Å². The minimum Gasteiger partial charge on any atom is -0.396 e. The Morgan fingerprint density at radius 3 is 2.11 bits per heavy atom. The van der Waals surface area contributed by atoms with Crippen LogP contribution >= 0.6 is 0 Å². The molecule has 1 aliphatic heterocycles. The number of piperazine rings is 1. The Labute approximate surface area is 115 Å². The highest BCUT2D eigenvalue weighted by molar-refractivity contribution is 5.79. The van der Waals surface area contributed by atoms with E-state index >= 15 is 0 Å². The molecule has 0 bridgehead atoms. The number of aliphatic hydroxyl groups excluding tert-OH is 1. The second-order valence-electron chi connectivity index (χ2n) is 5.40. The van der Waals surface area contributed by atoms with Gasteiger partial charge in [-0.25, -0.2) is 0 Å². The fraction of sp³-hybridized carbons (Fsp3) is 0.857. The highest BCUT2D eigenvalue weighted by Crippen LogP contribution is 2.10. The summed E-state index contributed by atoms with van der Waals surface area (Å²) in [6, 6.07) is 0. The second kappa shape index (κ2) is 8.15. The molecule has 1 N–H and O–H groups in total. The third-order valence-corrected chi connectivity index (χ3v) is 3.49. The molecule has 0 aliphatic carbocycles. The maximum absolute atomic E-state index is 11.9. The molecule has 0 unspecified atom stereocenters. The van der Waals surface area contributed by atoms with Crippen LogP contribution < -0.4 is 0 Å². The molecule has 1 rings (SSSR count). The average molecular weight is 270 g/mol. The Bertz CT molecular complexity index is 297. The summed E-state index contributed by atoms with van der Waals surface area (Å²) < 4.78 is 0. The number of rotatable bonds is 6. The van der Waals surface area contributed by atoms with Crippen molar-refractivity contribution < 1.29 is 14.7 Å². The normalized spacial score (nSPS) is 16.0. The van der Waals surface area contributed by atoms with Crippen molar-refractivity contribution in [3.63, 3.8) is 0 Å². The van der Waals surface area contributed by atoms with Gasteiger partial charge in [0.05, 0.1) is 0 Å². The van der Waals surface area contributed by atoms with Gasteiger partial charge in [0.15, 0.2) is 0 Å². The minimum absolute atomic E-state index is 0.0285. The van der Waals surface area contributed by atoms with E-state index in [4.69, 9.17) is 5.11 Å². The first-order valence-corrected chi connectivity index (χ1v) is 7.23. The molecule has 0 spiro atoms. The molecule has 5 heteroatoms. The van der Waals surface area contributed by atoms with Gasteiger partial charge < -0.3 is 14.9 Å². The quantitative estimate of drug-likeness (QED) is 0.728. The molecule has 0 aromatic carbocycles. The van der Waals surface area contributed by atoms with Gasteiger partial charge in [0.1, 0.15) is 0 Å². The molecule has 1 fully saturated rings. The summed E-state index contributed by atoms with van der Waals surface area (Å²) in [4.78, 5) is 27.4. The first kappa shape index (κ1) is 16.0. The molecule has 0 saturated carbocycles. The molecule has 5 nitrogen and oxygen atoms in total. The van der Waals surface area contributed by atoms with E-state index in [0.29, 0.717) is 32.6 Å². The number of aliphatic hydroxyl groups is 1. The first-order valence-electron chi connectivity index (χ1n) is 7.23. The van der Waals surface area contributed by atoms with Crippen molar-refractivity contribution in [2.24, 2.45) is 5.92 Å². The number of hydrogen-bond donors (Lipinski definition) is 1. The van der Waals surface area contributed by atoms with Crippen molar-refractivity contribution in [1.82, 2.24) is 9.80 Å². The highest BCUT2D eigenvalue weighted by atomic mass is 16.3. The van der Waals surface area contributed by atoms with E-state index in [1.54, 1.807) is 0 Å². The van der Waals surface area contributed by atoms with E-state index in [1.165, 1.54) is 0 Å². The fourth-order valence-corrected chi connectivity index (χ4v) is 2.26. The van der Waals surface area contributed by atoms with Crippen molar-refractivity contribution in [2.75, 3.05) is 32.8 Å². The summed E-state index contributed by atoms with van der Waals surface area (Å²) in [5, 5.41) is 8.67. The molecule has 1 aliphatic rings. The van der Waals surface area contributed by atoms with E-state index in [1.807, 2.05) is 23.6 Å². The van der Waals surface area contributed by atoms with E-state index in [2.05, 4.69) is 0 Å². The third-order valence-electron chi connectivity index (χ3n) is 3.49.